The maximum Gasteiger partial charge on any atom is 0.345 e. The number of carboxylic acids is 1. The lowest BCUT2D eigenvalue weighted by Crippen LogP contribution is -2.40. The average Bonchev–Trinajstić information content (AvgIpc) is 2.87. The first-order chi connectivity index (χ1) is 8.93. The summed E-state index contributed by atoms with van der Waals surface area (Å²) in [6, 6.07) is -3.92. The Morgan fingerprint density at radius 3 is 2.74 bits per heavy atom. The monoisotopic (exact) mass is 267 g/mol. The molecule has 100 valence electrons. The zero-order valence-corrected chi connectivity index (χ0v) is 9.42. The Bertz CT molecular complexity index is 610. The van der Waals surface area contributed by atoms with Crippen LogP contribution in [0.1, 0.15) is 23.3 Å². The number of primary amides is 1. The predicted octanol–water partition coefficient (Wildman–Crippen LogP) is -0.883. The summed E-state index contributed by atoms with van der Waals surface area (Å²) < 4.78 is 0.736. The molecule has 3 amide bonds. The smallest absolute Gasteiger partial charge is 0.345 e. The number of nitrogens with two attached hydrogens (primary N) is 1. The third-order valence-corrected chi connectivity index (χ3v) is 3.32. The lowest BCUT2D eigenvalue weighted by atomic mass is 9.98. The molecule has 2 aliphatic rings. The minimum Gasteiger partial charge on any atom is -0.479 e. The number of hydrogen-bond donors (Lipinski definition) is 3. The summed E-state index contributed by atoms with van der Waals surface area (Å²) in [5.74, 6) is -1.33. The van der Waals surface area contributed by atoms with Crippen molar-refractivity contribution in [1.82, 2.24) is 19.7 Å². The first-order valence-electron chi connectivity index (χ1n) is 5.32. The zero-order chi connectivity index (χ0) is 13.9. The highest BCUT2D eigenvalue weighted by Gasteiger charge is 2.52. The van der Waals surface area contributed by atoms with E-state index in [9.17, 15) is 24.7 Å². The van der Waals surface area contributed by atoms with Crippen LogP contribution >= 0.6 is 0 Å². The fourth-order valence-electron chi connectivity index (χ4n) is 2.53. The molecule has 10 nitrogen and oxygen atoms in total. The first kappa shape index (κ1) is 11.5. The van der Waals surface area contributed by atoms with Crippen molar-refractivity contribution in [2.24, 2.45) is 5.73 Å². The third kappa shape index (κ3) is 1.28. The van der Waals surface area contributed by atoms with Crippen LogP contribution in [-0.2, 0) is 4.79 Å². The van der Waals surface area contributed by atoms with Crippen LogP contribution in [0.15, 0.2) is 6.20 Å². The first-order valence-corrected chi connectivity index (χ1v) is 5.32. The van der Waals surface area contributed by atoms with E-state index in [1.54, 1.807) is 0 Å². The molecule has 1 unspecified atom stereocenters. The Hall–Kier alpha value is -2.62. The molecule has 2 atom stereocenters. The molecule has 3 rings (SSSR count). The van der Waals surface area contributed by atoms with E-state index < -0.39 is 30.1 Å². The normalized spacial score (nSPS) is 24.6. The van der Waals surface area contributed by atoms with Crippen LogP contribution < -0.4 is 5.73 Å². The number of carbonyl (C=O) groups is 3. The Balaban J connectivity index is 2.24. The largest absolute Gasteiger partial charge is 0.479 e. The molecule has 0 aromatic carbocycles. The Kier molecular flexibility index (Phi) is 2.08. The zero-order valence-electron chi connectivity index (χ0n) is 9.42. The van der Waals surface area contributed by atoms with Crippen LogP contribution in [0.25, 0.3) is 0 Å². The summed E-state index contributed by atoms with van der Waals surface area (Å²) in [5, 5.41) is 23.1. The Labute approximate surface area is 105 Å². The van der Waals surface area contributed by atoms with Gasteiger partial charge >= 0.3 is 18.0 Å². The average molecular weight is 267 g/mol. The second-order valence-electron chi connectivity index (χ2n) is 4.27. The quantitative estimate of drug-likeness (QED) is 0.564. The number of urea groups is 1. The van der Waals surface area contributed by atoms with Gasteiger partial charge in [-0.15, -0.1) is 0 Å². The number of nitrogens with zero attached hydrogens (tertiary/aromatic N) is 4. The van der Waals surface area contributed by atoms with Crippen molar-refractivity contribution in [1.29, 1.82) is 0 Å². The predicted molar refractivity (Wildman–Crippen MR) is 56.1 cm³/mol. The second-order valence-corrected chi connectivity index (χ2v) is 4.27. The molecule has 0 aliphatic carbocycles. The number of hydrogen-bond acceptors (Lipinski definition) is 5. The number of hydroxylamine groups is 2. The van der Waals surface area contributed by atoms with Gasteiger partial charge in [0.2, 0.25) is 0 Å². The highest BCUT2D eigenvalue weighted by atomic mass is 16.5. The molecule has 10 heteroatoms. The van der Waals surface area contributed by atoms with E-state index in [-0.39, 0.29) is 12.2 Å². The summed E-state index contributed by atoms with van der Waals surface area (Å²) in [4.78, 5) is 35.3. The van der Waals surface area contributed by atoms with Gasteiger partial charge in [0.1, 0.15) is 6.04 Å². The molecule has 1 aromatic heterocycles. The summed E-state index contributed by atoms with van der Waals surface area (Å²) in [5.41, 5.74) is 5.42. The SMILES string of the molecule is NC(=O)n1ncc2c1C(C(=O)O)N1C[C@H]2N(O)C1=O. The number of rotatable bonds is 1. The van der Waals surface area contributed by atoms with Gasteiger partial charge in [0.25, 0.3) is 0 Å². The van der Waals surface area contributed by atoms with Crippen LogP contribution in [0.4, 0.5) is 9.59 Å². The lowest BCUT2D eigenvalue weighted by Gasteiger charge is -2.27. The van der Waals surface area contributed by atoms with Crippen LogP contribution in [0.3, 0.4) is 0 Å². The molecule has 0 radical (unpaired) electrons. The molecule has 1 aromatic rings. The van der Waals surface area contributed by atoms with Gasteiger partial charge in [-0.25, -0.2) is 14.4 Å². The molecule has 0 spiro atoms. The Morgan fingerprint density at radius 1 is 1.47 bits per heavy atom. The number of fused-ring (bicyclic) bond motifs is 4. The van der Waals surface area contributed by atoms with Gasteiger partial charge in [-0.2, -0.15) is 14.8 Å². The lowest BCUT2D eigenvalue weighted by molar-refractivity contribution is -0.142. The second kappa shape index (κ2) is 3.45. The van der Waals surface area contributed by atoms with Crippen molar-refractivity contribution < 1.29 is 24.7 Å². The van der Waals surface area contributed by atoms with E-state index >= 15 is 0 Å². The van der Waals surface area contributed by atoms with Crippen LogP contribution in [0.5, 0.6) is 0 Å². The molecule has 1 saturated heterocycles. The van der Waals surface area contributed by atoms with E-state index in [0.29, 0.717) is 10.6 Å². The van der Waals surface area contributed by atoms with Crippen LogP contribution in [0.2, 0.25) is 0 Å². The van der Waals surface area contributed by atoms with Crippen molar-refractivity contribution in [3.05, 3.63) is 17.5 Å². The van der Waals surface area contributed by atoms with Gasteiger partial charge < -0.3 is 15.7 Å². The Morgan fingerprint density at radius 2 is 2.16 bits per heavy atom. The molecular weight excluding hydrogens is 258 g/mol. The highest BCUT2D eigenvalue weighted by Crippen LogP contribution is 2.42. The number of carbonyl (C=O) groups excluding carboxylic acids is 2. The van der Waals surface area contributed by atoms with Gasteiger partial charge in [-0.1, -0.05) is 0 Å². The number of aromatic nitrogens is 2. The van der Waals surface area contributed by atoms with Crippen LogP contribution in [0, 0.1) is 0 Å². The van der Waals surface area contributed by atoms with E-state index in [1.807, 2.05) is 0 Å². The minimum absolute atomic E-state index is 0.00106. The third-order valence-electron chi connectivity index (χ3n) is 3.32. The molecule has 0 saturated carbocycles. The molecular formula is C9H9N5O5. The fourth-order valence-corrected chi connectivity index (χ4v) is 2.53. The van der Waals surface area contributed by atoms with E-state index in [2.05, 4.69) is 5.10 Å². The van der Waals surface area contributed by atoms with Gasteiger partial charge in [-0.3, -0.25) is 5.21 Å². The van der Waals surface area contributed by atoms with Crippen molar-refractivity contribution >= 4 is 18.0 Å². The van der Waals surface area contributed by atoms with Crippen molar-refractivity contribution in [2.45, 2.75) is 12.1 Å². The highest BCUT2D eigenvalue weighted by molar-refractivity contribution is 5.88. The van der Waals surface area contributed by atoms with Crippen LogP contribution in [-0.4, -0.2) is 54.6 Å². The molecule has 4 N–H and O–H groups in total. The molecule has 1 fully saturated rings. The number of carboxylic acid groups (broad SMARTS) is 1. The van der Waals surface area contributed by atoms with Crippen molar-refractivity contribution in [3.8, 4) is 0 Å². The van der Waals surface area contributed by atoms with E-state index in [0.717, 1.165) is 9.58 Å². The summed E-state index contributed by atoms with van der Waals surface area (Å²) in [6.45, 7) is 0.0176. The van der Waals surface area contributed by atoms with E-state index in [4.69, 9.17) is 5.73 Å². The fraction of sp³-hybridized carbons (Fsp3) is 0.333. The summed E-state index contributed by atoms with van der Waals surface area (Å²) in [6.07, 6.45) is 1.24. The van der Waals surface area contributed by atoms with E-state index in [1.165, 1.54) is 6.20 Å². The number of aliphatic carboxylic acids is 1. The van der Waals surface area contributed by atoms with Crippen molar-refractivity contribution in [3.63, 3.8) is 0 Å². The molecule has 2 aliphatic heterocycles. The topological polar surface area (TPSA) is 142 Å². The maximum atomic E-state index is 11.7. The number of amides is 3. The standard InChI is InChI=1S/C9H9N5O5/c10-8(17)13-5-3(1-11-13)4-2-12(6(5)7(15)16)9(18)14(4)19/h1,4,6,19H,2H2,(H2,10,17)(H,15,16)/t4-,6?/m1/s1. The van der Waals surface area contributed by atoms with Gasteiger partial charge in [-0.05, 0) is 0 Å². The van der Waals surface area contributed by atoms with Crippen molar-refractivity contribution in [2.75, 3.05) is 6.54 Å². The maximum absolute atomic E-state index is 11.7. The van der Waals surface area contributed by atoms with Gasteiger partial charge in [0, 0.05) is 5.56 Å². The van der Waals surface area contributed by atoms with Gasteiger partial charge in [0.15, 0.2) is 6.04 Å². The van der Waals surface area contributed by atoms with Gasteiger partial charge in [0.05, 0.1) is 18.4 Å². The molecule has 19 heavy (non-hydrogen) atoms. The molecule has 3 heterocycles. The molecule has 2 bridgehead atoms. The summed E-state index contributed by atoms with van der Waals surface area (Å²) >= 11 is 0. The summed E-state index contributed by atoms with van der Waals surface area (Å²) in [7, 11) is 0. The minimum atomic E-state index is -1.40.